The number of nitrogens with one attached hydrogen (secondary N) is 2. The summed E-state index contributed by atoms with van der Waals surface area (Å²) in [6, 6.07) is 6.90. The second kappa shape index (κ2) is 9.03. The van der Waals surface area contributed by atoms with Crippen LogP contribution in [0.15, 0.2) is 35.0 Å². The Labute approximate surface area is 175 Å². The Kier molecular flexibility index (Phi) is 6.70. The average molecular weight is 455 g/mol. The molecular weight excluding hydrogens is 436 g/mol. The molecule has 0 bridgehead atoms. The zero-order valence-electron chi connectivity index (χ0n) is 15.1. The average Bonchev–Trinajstić information content (AvgIpc) is 3.23. The molecule has 0 saturated heterocycles. The third-order valence-electron chi connectivity index (χ3n) is 3.38. The number of aromatic nitrogens is 2. The SMILES string of the molecule is Cc1nc(CSCC(=O)Nc2nc(-c3ccc(NS(C)(=O)=O)cc3)cs2)cs1. The molecule has 0 aliphatic heterocycles. The molecule has 2 aromatic heterocycles. The Balaban J connectivity index is 1.52. The quantitative estimate of drug-likeness (QED) is 0.537. The first-order valence-electron chi connectivity index (χ1n) is 8.11. The molecule has 2 N–H and O–H groups in total. The van der Waals surface area contributed by atoms with Gasteiger partial charge in [-0.2, -0.15) is 0 Å². The summed E-state index contributed by atoms with van der Waals surface area (Å²) in [6.45, 7) is 1.96. The molecule has 0 spiro atoms. The Hall–Kier alpha value is -1.95. The van der Waals surface area contributed by atoms with Crippen LogP contribution >= 0.6 is 34.4 Å². The molecule has 0 fully saturated rings. The lowest BCUT2D eigenvalue weighted by atomic mass is 10.1. The number of benzene rings is 1. The van der Waals surface area contributed by atoms with Crippen molar-refractivity contribution in [3.05, 3.63) is 45.7 Å². The topological polar surface area (TPSA) is 101 Å². The van der Waals surface area contributed by atoms with E-state index in [-0.39, 0.29) is 5.91 Å². The van der Waals surface area contributed by atoms with Crippen molar-refractivity contribution in [2.45, 2.75) is 12.7 Å². The van der Waals surface area contributed by atoms with E-state index in [2.05, 4.69) is 20.0 Å². The molecule has 2 heterocycles. The van der Waals surface area contributed by atoms with Crippen molar-refractivity contribution in [3.63, 3.8) is 0 Å². The number of rotatable bonds is 8. The lowest BCUT2D eigenvalue weighted by Gasteiger charge is -2.04. The van der Waals surface area contributed by atoms with E-state index in [1.165, 1.54) is 23.1 Å². The number of hydrogen-bond donors (Lipinski definition) is 2. The maximum absolute atomic E-state index is 12.1. The predicted octanol–water partition coefficient (Wildman–Crippen LogP) is 3.82. The van der Waals surface area contributed by atoms with Crippen LogP contribution in [0, 0.1) is 6.92 Å². The van der Waals surface area contributed by atoms with Crippen LogP contribution in [0.5, 0.6) is 0 Å². The van der Waals surface area contributed by atoms with Gasteiger partial charge in [0.05, 0.1) is 28.4 Å². The molecule has 0 aliphatic rings. The maximum atomic E-state index is 12.1. The maximum Gasteiger partial charge on any atom is 0.236 e. The van der Waals surface area contributed by atoms with Gasteiger partial charge in [-0.1, -0.05) is 12.1 Å². The highest BCUT2D eigenvalue weighted by Gasteiger charge is 2.10. The smallest absolute Gasteiger partial charge is 0.236 e. The summed E-state index contributed by atoms with van der Waals surface area (Å²) >= 11 is 4.46. The molecule has 11 heteroatoms. The summed E-state index contributed by atoms with van der Waals surface area (Å²) in [5, 5.41) is 8.21. The molecule has 0 atom stereocenters. The van der Waals surface area contributed by atoms with Crippen LogP contribution in [-0.2, 0) is 20.6 Å². The lowest BCUT2D eigenvalue weighted by Crippen LogP contribution is -2.14. The lowest BCUT2D eigenvalue weighted by molar-refractivity contribution is -0.113. The monoisotopic (exact) mass is 454 g/mol. The molecule has 1 aromatic carbocycles. The minimum Gasteiger partial charge on any atom is -0.301 e. The molecule has 0 unspecified atom stereocenters. The van der Waals surface area contributed by atoms with E-state index in [0.29, 0.717) is 22.3 Å². The van der Waals surface area contributed by atoms with E-state index in [4.69, 9.17) is 0 Å². The van der Waals surface area contributed by atoms with Gasteiger partial charge in [-0.3, -0.25) is 9.52 Å². The highest BCUT2D eigenvalue weighted by Crippen LogP contribution is 2.26. The van der Waals surface area contributed by atoms with Gasteiger partial charge in [-0.15, -0.1) is 34.4 Å². The van der Waals surface area contributed by atoms with Crippen molar-refractivity contribution in [1.29, 1.82) is 0 Å². The van der Waals surface area contributed by atoms with E-state index >= 15 is 0 Å². The third kappa shape index (κ3) is 6.30. The number of carbonyl (C=O) groups is 1. The molecule has 1 amide bonds. The van der Waals surface area contributed by atoms with Crippen LogP contribution < -0.4 is 10.0 Å². The van der Waals surface area contributed by atoms with E-state index in [0.717, 1.165) is 28.2 Å². The van der Waals surface area contributed by atoms with Gasteiger partial charge < -0.3 is 5.32 Å². The highest BCUT2D eigenvalue weighted by atomic mass is 32.2. The number of thioether (sulfide) groups is 1. The van der Waals surface area contributed by atoms with Crippen LogP contribution in [0.1, 0.15) is 10.7 Å². The van der Waals surface area contributed by atoms with Crippen molar-refractivity contribution in [3.8, 4) is 11.3 Å². The van der Waals surface area contributed by atoms with Gasteiger partial charge in [0.25, 0.3) is 0 Å². The van der Waals surface area contributed by atoms with Gasteiger partial charge in [0.1, 0.15) is 0 Å². The van der Waals surface area contributed by atoms with Crippen molar-refractivity contribution in [1.82, 2.24) is 9.97 Å². The predicted molar refractivity (Wildman–Crippen MR) is 118 cm³/mol. The van der Waals surface area contributed by atoms with E-state index in [1.807, 2.05) is 17.7 Å². The molecule has 3 aromatic rings. The number of nitrogens with zero attached hydrogens (tertiary/aromatic N) is 2. The first-order valence-corrected chi connectivity index (χ1v) is 12.9. The van der Waals surface area contributed by atoms with Gasteiger partial charge in [0, 0.05) is 27.8 Å². The number of thiazole rings is 2. The fourth-order valence-corrected chi connectivity index (χ4v) is 5.00. The van der Waals surface area contributed by atoms with Crippen LogP contribution in [0.2, 0.25) is 0 Å². The summed E-state index contributed by atoms with van der Waals surface area (Å²) < 4.78 is 24.9. The minimum absolute atomic E-state index is 0.106. The fourth-order valence-electron chi connectivity index (χ4n) is 2.27. The summed E-state index contributed by atoms with van der Waals surface area (Å²) in [6.07, 6.45) is 1.10. The largest absolute Gasteiger partial charge is 0.301 e. The van der Waals surface area contributed by atoms with Crippen molar-refractivity contribution < 1.29 is 13.2 Å². The number of carbonyl (C=O) groups excluding carboxylic acids is 1. The van der Waals surface area contributed by atoms with Crippen LogP contribution in [0.3, 0.4) is 0 Å². The number of aryl methyl sites for hydroxylation is 1. The first kappa shape index (κ1) is 20.8. The molecule has 0 saturated carbocycles. The number of amides is 1. The third-order valence-corrected chi connectivity index (χ3v) is 6.54. The van der Waals surface area contributed by atoms with Gasteiger partial charge in [0.2, 0.25) is 15.9 Å². The zero-order valence-corrected chi connectivity index (χ0v) is 18.4. The Morgan fingerprint density at radius 2 is 1.89 bits per heavy atom. The Morgan fingerprint density at radius 1 is 1.14 bits per heavy atom. The van der Waals surface area contributed by atoms with E-state index in [9.17, 15) is 13.2 Å². The number of anilines is 2. The molecule has 0 aliphatic carbocycles. The summed E-state index contributed by atoms with van der Waals surface area (Å²) in [4.78, 5) is 20.9. The molecule has 3 rings (SSSR count). The zero-order chi connectivity index (χ0) is 20.1. The molecule has 0 radical (unpaired) electrons. The van der Waals surface area contributed by atoms with Crippen molar-refractivity contribution in [2.75, 3.05) is 22.0 Å². The van der Waals surface area contributed by atoms with Gasteiger partial charge in [0.15, 0.2) is 5.13 Å². The molecule has 148 valence electrons. The number of sulfonamides is 1. The molecular formula is C17H18N4O3S4. The normalized spacial score (nSPS) is 11.4. The Morgan fingerprint density at radius 3 is 2.54 bits per heavy atom. The molecule has 7 nitrogen and oxygen atoms in total. The van der Waals surface area contributed by atoms with Gasteiger partial charge in [-0.05, 0) is 19.1 Å². The van der Waals surface area contributed by atoms with Crippen molar-refractivity contribution >= 4 is 61.2 Å². The second-order valence-electron chi connectivity index (χ2n) is 5.89. The van der Waals surface area contributed by atoms with E-state index in [1.54, 1.807) is 35.6 Å². The summed E-state index contributed by atoms with van der Waals surface area (Å²) in [5.41, 5.74) is 3.04. The van der Waals surface area contributed by atoms with Crippen LogP contribution in [-0.4, -0.2) is 36.3 Å². The fraction of sp³-hybridized carbons (Fsp3) is 0.235. The second-order valence-corrected chi connectivity index (χ2v) is 10.5. The van der Waals surface area contributed by atoms with E-state index < -0.39 is 10.0 Å². The standard InChI is InChI=1S/C17H18N4O3S4/c1-11-18-14(8-26-11)7-25-10-16(22)20-17-19-15(9-27-17)12-3-5-13(6-4-12)21-28(2,23)24/h3-6,8-9,21H,7,10H2,1-2H3,(H,19,20,22). The van der Waals surface area contributed by atoms with Gasteiger partial charge in [-0.25, -0.2) is 18.4 Å². The van der Waals surface area contributed by atoms with Crippen molar-refractivity contribution in [2.24, 2.45) is 0 Å². The minimum atomic E-state index is -3.30. The first-order chi connectivity index (χ1) is 13.3. The van der Waals surface area contributed by atoms with Crippen LogP contribution in [0.4, 0.5) is 10.8 Å². The van der Waals surface area contributed by atoms with Gasteiger partial charge >= 0.3 is 0 Å². The summed E-state index contributed by atoms with van der Waals surface area (Å²) in [5.74, 6) is 0.928. The number of hydrogen-bond acceptors (Lipinski definition) is 8. The highest BCUT2D eigenvalue weighted by molar-refractivity contribution is 7.99. The Bertz CT molecular complexity index is 1060. The van der Waals surface area contributed by atoms with Crippen LogP contribution in [0.25, 0.3) is 11.3 Å². The summed E-state index contributed by atoms with van der Waals surface area (Å²) in [7, 11) is -3.30. The molecule has 28 heavy (non-hydrogen) atoms.